The SMILES string of the molecule is C[C](C)CC(C)(C)C[AsH]C(=O)O. The molecule has 2 nitrogen and oxygen atoms in total. The Labute approximate surface area is 81.4 Å². The third-order valence-electron chi connectivity index (χ3n) is 1.55. The molecule has 0 saturated carbocycles. The average molecular weight is 233 g/mol. The molecule has 71 valence electrons. The number of rotatable bonds is 5. The van der Waals surface area contributed by atoms with Gasteiger partial charge in [-0.15, -0.1) is 0 Å². The summed E-state index contributed by atoms with van der Waals surface area (Å²) >= 11 is -0.780. The van der Waals surface area contributed by atoms with Crippen LogP contribution in [0.15, 0.2) is 0 Å². The molecule has 1 unspecified atom stereocenters. The number of hydrogen-bond acceptors (Lipinski definition) is 1. The van der Waals surface area contributed by atoms with Gasteiger partial charge in [0, 0.05) is 0 Å². The molecule has 0 aliphatic rings. The fourth-order valence-corrected chi connectivity index (χ4v) is 2.92. The van der Waals surface area contributed by atoms with Crippen LogP contribution in [0.3, 0.4) is 0 Å². The van der Waals surface area contributed by atoms with Crippen molar-refractivity contribution in [3.8, 4) is 0 Å². The summed E-state index contributed by atoms with van der Waals surface area (Å²) < 4.78 is -0.572. The third kappa shape index (κ3) is 6.72. The van der Waals surface area contributed by atoms with Gasteiger partial charge in [0.2, 0.25) is 0 Å². The number of carbonyl (C=O) groups is 1. The van der Waals surface area contributed by atoms with Gasteiger partial charge in [0.05, 0.1) is 0 Å². The van der Waals surface area contributed by atoms with E-state index in [2.05, 4.69) is 27.7 Å². The Morgan fingerprint density at radius 2 is 1.92 bits per heavy atom. The van der Waals surface area contributed by atoms with E-state index in [0.29, 0.717) is 0 Å². The van der Waals surface area contributed by atoms with Gasteiger partial charge in [-0.1, -0.05) is 0 Å². The first-order chi connectivity index (χ1) is 5.33. The van der Waals surface area contributed by atoms with Gasteiger partial charge in [0.1, 0.15) is 0 Å². The van der Waals surface area contributed by atoms with E-state index in [-0.39, 0.29) is 5.41 Å². The average Bonchev–Trinajstić information content (AvgIpc) is 1.81. The van der Waals surface area contributed by atoms with Gasteiger partial charge in [-0.25, -0.2) is 0 Å². The molecule has 0 aromatic heterocycles. The van der Waals surface area contributed by atoms with Crippen molar-refractivity contribution in [1.29, 1.82) is 0 Å². The molecule has 1 radical (unpaired) electrons. The first-order valence-electron chi connectivity index (χ1n) is 4.09. The Kier molecular flexibility index (Phi) is 4.92. The van der Waals surface area contributed by atoms with Gasteiger partial charge in [-0.05, 0) is 0 Å². The fraction of sp³-hybridized carbons (Fsp3) is 0.778. The van der Waals surface area contributed by atoms with Crippen molar-refractivity contribution in [2.45, 2.75) is 39.3 Å². The number of hydrogen-bond donors (Lipinski definition) is 1. The third-order valence-corrected chi connectivity index (χ3v) is 4.56. The van der Waals surface area contributed by atoms with Crippen molar-refractivity contribution < 1.29 is 9.90 Å². The van der Waals surface area contributed by atoms with Crippen molar-refractivity contribution in [2.24, 2.45) is 5.41 Å². The molecule has 12 heavy (non-hydrogen) atoms. The zero-order valence-corrected chi connectivity index (χ0v) is 10.4. The van der Waals surface area contributed by atoms with E-state index in [4.69, 9.17) is 5.11 Å². The van der Waals surface area contributed by atoms with E-state index >= 15 is 0 Å². The molecule has 0 fully saturated rings. The molecular formula is C9H18AsO2. The van der Waals surface area contributed by atoms with E-state index in [1.54, 1.807) is 0 Å². The molecule has 1 atom stereocenters. The van der Waals surface area contributed by atoms with Gasteiger partial charge in [0.15, 0.2) is 0 Å². The summed E-state index contributed by atoms with van der Waals surface area (Å²) in [6, 6.07) is 0. The Morgan fingerprint density at radius 3 is 2.25 bits per heavy atom. The van der Waals surface area contributed by atoms with Crippen LogP contribution in [0.25, 0.3) is 0 Å². The summed E-state index contributed by atoms with van der Waals surface area (Å²) in [5.74, 6) is 1.39. The zero-order valence-electron chi connectivity index (χ0n) is 8.27. The Bertz CT molecular complexity index is 153. The van der Waals surface area contributed by atoms with E-state index in [1.165, 1.54) is 5.92 Å². The van der Waals surface area contributed by atoms with Crippen molar-refractivity contribution in [1.82, 2.24) is 0 Å². The molecule has 0 saturated heterocycles. The molecule has 0 rings (SSSR count). The zero-order chi connectivity index (χ0) is 9.78. The van der Waals surface area contributed by atoms with Gasteiger partial charge in [-0.2, -0.15) is 0 Å². The fourth-order valence-electron chi connectivity index (χ4n) is 1.33. The normalized spacial score (nSPS) is 13.1. The predicted octanol–water partition coefficient (Wildman–Crippen LogP) is 2.55. The summed E-state index contributed by atoms with van der Waals surface area (Å²) in [5.41, 5.74) is 0.192. The van der Waals surface area contributed by atoms with Crippen LogP contribution in [-0.2, 0) is 0 Å². The molecule has 3 heteroatoms. The van der Waals surface area contributed by atoms with Crippen LogP contribution in [0.1, 0.15) is 34.1 Å². The maximum absolute atomic E-state index is 10.4. The van der Waals surface area contributed by atoms with Gasteiger partial charge >= 0.3 is 81.1 Å². The van der Waals surface area contributed by atoms with Crippen molar-refractivity contribution in [3.63, 3.8) is 0 Å². The predicted molar refractivity (Wildman–Crippen MR) is 53.0 cm³/mol. The summed E-state index contributed by atoms with van der Waals surface area (Å²) in [6.07, 6.45) is 1.05. The second kappa shape index (κ2) is 4.91. The molecular weight excluding hydrogens is 215 g/mol. The van der Waals surface area contributed by atoms with Gasteiger partial charge < -0.3 is 0 Å². The molecule has 0 spiro atoms. The summed E-state index contributed by atoms with van der Waals surface area (Å²) in [6.45, 7) is 8.49. The monoisotopic (exact) mass is 233 g/mol. The van der Waals surface area contributed by atoms with Crippen LogP contribution in [0, 0.1) is 11.3 Å². The molecule has 0 heterocycles. The Morgan fingerprint density at radius 1 is 1.42 bits per heavy atom. The molecule has 0 bridgehead atoms. The molecule has 0 amide bonds. The maximum atomic E-state index is 10.4. The van der Waals surface area contributed by atoms with Crippen LogP contribution in [0.4, 0.5) is 4.79 Å². The molecule has 0 aliphatic heterocycles. The van der Waals surface area contributed by atoms with Crippen molar-refractivity contribution in [3.05, 3.63) is 5.92 Å². The molecule has 0 aromatic rings. The minimum absolute atomic E-state index is 0.192. The topological polar surface area (TPSA) is 37.3 Å². The van der Waals surface area contributed by atoms with Crippen LogP contribution in [0.5, 0.6) is 0 Å². The Balaban J connectivity index is 3.78. The van der Waals surface area contributed by atoms with Crippen LogP contribution < -0.4 is 0 Å². The molecule has 1 N–H and O–H groups in total. The van der Waals surface area contributed by atoms with E-state index in [9.17, 15) is 4.79 Å². The second-order valence-electron chi connectivity index (χ2n) is 4.21. The summed E-state index contributed by atoms with van der Waals surface area (Å²) in [7, 11) is 0. The standard InChI is InChI=1S/C9H18AsO2/c1-7(2)5-9(3,4)6-10-8(11)12/h10H,5-6H2,1-4H3,(H,11,12). The second-order valence-corrected chi connectivity index (χ2v) is 6.59. The van der Waals surface area contributed by atoms with Gasteiger partial charge in [-0.3, -0.25) is 0 Å². The summed E-state index contributed by atoms with van der Waals surface area (Å²) in [5, 5.41) is 9.44. The van der Waals surface area contributed by atoms with Crippen LogP contribution in [-0.4, -0.2) is 25.6 Å². The van der Waals surface area contributed by atoms with Gasteiger partial charge in [0.25, 0.3) is 0 Å². The molecule has 0 aromatic carbocycles. The first-order valence-corrected chi connectivity index (χ1v) is 6.62. The van der Waals surface area contributed by atoms with Crippen molar-refractivity contribution >= 4 is 20.5 Å². The van der Waals surface area contributed by atoms with Crippen LogP contribution in [0.2, 0.25) is 5.21 Å². The van der Waals surface area contributed by atoms with Crippen molar-refractivity contribution in [2.75, 3.05) is 0 Å². The van der Waals surface area contributed by atoms with Crippen LogP contribution >= 0.6 is 0 Å². The summed E-state index contributed by atoms with van der Waals surface area (Å²) in [4.78, 5) is 10.4. The minimum atomic E-state index is -0.780. The van der Waals surface area contributed by atoms with E-state index in [1.807, 2.05) is 0 Å². The number of carboxylic acid groups (broad SMARTS) is 1. The Hall–Kier alpha value is 0.0284. The van der Waals surface area contributed by atoms with E-state index < -0.39 is 20.5 Å². The van der Waals surface area contributed by atoms with E-state index in [0.717, 1.165) is 11.6 Å². The molecule has 0 aliphatic carbocycles. The first kappa shape index (κ1) is 12.0. The quantitative estimate of drug-likeness (QED) is 0.741.